The Labute approximate surface area is 123 Å². The Hall–Kier alpha value is -0.240. The minimum absolute atomic E-state index is 0.0126. The molecule has 5 rings (SSSR count). The van der Waals surface area contributed by atoms with E-state index in [-0.39, 0.29) is 13.0 Å². The molecule has 6 nitrogen and oxygen atoms in total. The monoisotopic (exact) mass is 300 g/mol. The van der Waals surface area contributed by atoms with Gasteiger partial charge in [-0.05, 0) is 33.1 Å². The summed E-state index contributed by atoms with van der Waals surface area (Å²) in [6.07, 6.45) is 0.446. The first-order valence-corrected chi connectivity index (χ1v) is 7.65. The standard InChI is InChI=1S/C15H24O6/c1-10-8-20-15(19)7-13(6-9(21-15)12(10,3)17)11(2,16)4-5-14(10,13)18/h9,16-19H,4-8H2,1-3H3/t9-,10+,11+,12+,13-,14+,15?/m1/s1. The molecule has 4 N–H and O–H groups in total. The molecule has 0 aromatic heterocycles. The van der Waals surface area contributed by atoms with Gasteiger partial charge in [0.2, 0.25) is 0 Å². The minimum atomic E-state index is -1.86. The van der Waals surface area contributed by atoms with Crippen LogP contribution in [0.5, 0.6) is 0 Å². The molecule has 2 saturated carbocycles. The molecule has 1 unspecified atom stereocenters. The highest BCUT2D eigenvalue weighted by Gasteiger charge is 2.83. The Bertz CT molecular complexity index is 518. The Morgan fingerprint density at radius 1 is 1.00 bits per heavy atom. The molecule has 7 atom stereocenters. The van der Waals surface area contributed by atoms with Crippen molar-refractivity contribution >= 4 is 0 Å². The lowest BCUT2D eigenvalue weighted by atomic mass is 9.44. The summed E-state index contributed by atoms with van der Waals surface area (Å²) in [6.45, 7) is 5.10. The third-order valence-electron chi connectivity index (χ3n) is 7.42. The molecule has 1 spiro atoms. The van der Waals surface area contributed by atoms with Gasteiger partial charge in [-0.1, -0.05) is 6.92 Å². The van der Waals surface area contributed by atoms with Crippen molar-refractivity contribution in [3.63, 3.8) is 0 Å². The highest BCUT2D eigenvalue weighted by molar-refractivity contribution is 5.30. The van der Waals surface area contributed by atoms with Crippen molar-refractivity contribution in [1.29, 1.82) is 0 Å². The maximum absolute atomic E-state index is 11.6. The molecule has 0 aromatic carbocycles. The number of aliphatic hydroxyl groups is 4. The van der Waals surface area contributed by atoms with Gasteiger partial charge in [-0.3, -0.25) is 0 Å². The van der Waals surface area contributed by atoms with Gasteiger partial charge >= 0.3 is 0 Å². The zero-order chi connectivity index (χ0) is 15.5. The molecule has 5 fully saturated rings. The van der Waals surface area contributed by atoms with Gasteiger partial charge < -0.3 is 29.9 Å². The van der Waals surface area contributed by atoms with Crippen LogP contribution in [-0.2, 0) is 9.47 Å². The topological polar surface area (TPSA) is 99.4 Å². The largest absolute Gasteiger partial charge is 0.389 e. The normalized spacial score (nSPS) is 69.0. The Kier molecular flexibility index (Phi) is 2.27. The molecule has 3 saturated heterocycles. The van der Waals surface area contributed by atoms with Crippen molar-refractivity contribution in [1.82, 2.24) is 0 Å². The van der Waals surface area contributed by atoms with Crippen LogP contribution < -0.4 is 0 Å². The van der Waals surface area contributed by atoms with E-state index >= 15 is 0 Å². The van der Waals surface area contributed by atoms with Crippen molar-refractivity contribution in [2.24, 2.45) is 10.8 Å². The second-order valence-corrected chi connectivity index (χ2v) is 8.18. The van der Waals surface area contributed by atoms with Gasteiger partial charge in [0.05, 0.1) is 34.9 Å². The van der Waals surface area contributed by atoms with Crippen molar-refractivity contribution in [3.05, 3.63) is 0 Å². The van der Waals surface area contributed by atoms with Crippen LogP contribution in [0.25, 0.3) is 0 Å². The molecular weight excluding hydrogens is 276 g/mol. The van der Waals surface area contributed by atoms with Gasteiger partial charge in [-0.25, -0.2) is 0 Å². The average Bonchev–Trinajstić information content (AvgIpc) is 2.50. The molecule has 120 valence electrons. The molecule has 0 aromatic rings. The first kappa shape index (κ1) is 14.4. The summed E-state index contributed by atoms with van der Waals surface area (Å²) in [7, 11) is 0. The lowest BCUT2D eigenvalue weighted by molar-refractivity contribution is -0.428. The maximum atomic E-state index is 11.6. The van der Waals surface area contributed by atoms with Gasteiger partial charge in [-0.2, -0.15) is 0 Å². The summed E-state index contributed by atoms with van der Waals surface area (Å²) in [6, 6.07) is 0. The Morgan fingerprint density at radius 2 is 1.67 bits per heavy atom. The van der Waals surface area contributed by atoms with Crippen LogP contribution in [-0.4, -0.2) is 55.9 Å². The summed E-state index contributed by atoms with van der Waals surface area (Å²) < 4.78 is 11.2. The number of fused-ring (bicyclic) bond motifs is 1. The third kappa shape index (κ3) is 1.21. The second-order valence-electron chi connectivity index (χ2n) is 8.18. The quantitative estimate of drug-likeness (QED) is 0.497. The average molecular weight is 300 g/mol. The number of hydrogen-bond donors (Lipinski definition) is 4. The fourth-order valence-corrected chi connectivity index (χ4v) is 5.65. The molecule has 0 radical (unpaired) electrons. The van der Waals surface area contributed by atoms with E-state index in [0.717, 1.165) is 0 Å². The predicted octanol–water partition coefficient (Wildman–Crippen LogP) is -0.125. The summed E-state index contributed by atoms with van der Waals surface area (Å²) in [5, 5.41) is 44.2. The predicted molar refractivity (Wildman–Crippen MR) is 71.0 cm³/mol. The van der Waals surface area contributed by atoms with E-state index in [2.05, 4.69) is 0 Å². The molecule has 0 amide bonds. The fourth-order valence-electron chi connectivity index (χ4n) is 5.65. The van der Waals surface area contributed by atoms with E-state index < -0.39 is 39.7 Å². The molecule has 3 heterocycles. The highest BCUT2D eigenvalue weighted by Crippen LogP contribution is 2.74. The zero-order valence-corrected chi connectivity index (χ0v) is 12.7. The van der Waals surface area contributed by atoms with Crippen LogP contribution in [0.1, 0.15) is 46.5 Å². The third-order valence-corrected chi connectivity index (χ3v) is 7.42. The van der Waals surface area contributed by atoms with Crippen molar-refractivity contribution in [3.8, 4) is 0 Å². The van der Waals surface area contributed by atoms with Crippen molar-refractivity contribution in [2.45, 2.75) is 75.3 Å². The minimum Gasteiger partial charge on any atom is -0.389 e. The van der Waals surface area contributed by atoms with Gasteiger partial charge in [0.15, 0.2) is 0 Å². The van der Waals surface area contributed by atoms with Crippen molar-refractivity contribution < 1.29 is 29.9 Å². The lowest BCUT2D eigenvalue weighted by Gasteiger charge is -2.66. The number of ether oxygens (including phenoxy) is 2. The second kappa shape index (κ2) is 3.32. The van der Waals surface area contributed by atoms with E-state index in [1.807, 2.05) is 0 Å². The van der Waals surface area contributed by atoms with Crippen LogP contribution in [0.15, 0.2) is 0 Å². The van der Waals surface area contributed by atoms with E-state index in [0.29, 0.717) is 19.3 Å². The summed E-state index contributed by atoms with van der Waals surface area (Å²) in [4.78, 5) is 0. The summed E-state index contributed by atoms with van der Waals surface area (Å²) in [5.74, 6) is -1.86. The van der Waals surface area contributed by atoms with Crippen LogP contribution in [0.4, 0.5) is 0 Å². The molecule has 21 heavy (non-hydrogen) atoms. The summed E-state index contributed by atoms with van der Waals surface area (Å²) >= 11 is 0. The SMILES string of the molecule is C[C@]12COC3(O)C[C@@]4(C[C@@H](O3)[C@]1(C)O)[C@]2(O)CC[C@]4(C)O. The number of rotatable bonds is 0. The Morgan fingerprint density at radius 3 is 2.33 bits per heavy atom. The molecule has 5 aliphatic rings. The zero-order valence-electron chi connectivity index (χ0n) is 12.7. The maximum Gasteiger partial charge on any atom is 0.281 e. The van der Waals surface area contributed by atoms with Crippen LogP contribution in [0, 0.1) is 10.8 Å². The van der Waals surface area contributed by atoms with E-state index in [1.54, 1.807) is 20.8 Å². The first-order valence-electron chi connectivity index (χ1n) is 7.65. The lowest BCUT2D eigenvalue weighted by Crippen LogP contribution is -2.78. The van der Waals surface area contributed by atoms with Crippen LogP contribution >= 0.6 is 0 Å². The van der Waals surface area contributed by atoms with Crippen LogP contribution in [0.3, 0.4) is 0 Å². The highest BCUT2D eigenvalue weighted by atomic mass is 16.8. The fraction of sp³-hybridized carbons (Fsp3) is 1.00. The Balaban J connectivity index is 2.03. The van der Waals surface area contributed by atoms with Gasteiger partial charge in [0.1, 0.15) is 0 Å². The van der Waals surface area contributed by atoms with Gasteiger partial charge in [0.25, 0.3) is 5.97 Å². The molecule has 6 heteroatoms. The van der Waals surface area contributed by atoms with Crippen molar-refractivity contribution in [2.75, 3.05) is 6.61 Å². The number of hydrogen-bond acceptors (Lipinski definition) is 6. The van der Waals surface area contributed by atoms with Gasteiger partial charge in [0, 0.05) is 11.8 Å². The van der Waals surface area contributed by atoms with E-state index in [1.165, 1.54) is 0 Å². The summed E-state index contributed by atoms with van der Waals surface area (Å²) in [5.41, 5.74) is -5.76. The van der Waals surface area contributed by atoms with Gasteiger partial charge in [-0.15, -0.1) is 0 Å². The smallest absolute Gasteiger partial charge is 0.281 e. The van der Waals surface area contributed by atoms with E-state index in [4.69, 9.17) is 9.47 Å². The van der Waals surface area contributed by atoms with Crippen LogP contribution in [0.2, 0.25) is 0 Å². The molecular formula is C15H24O6. The first-order chi connectivity index (χ1) is 9.43. The van der Waals surface area contributed by atoms with E-state index in [9.17, 15) is 20.4 Å². The molecule has 4 bridgehead atoms. The molecule has 2 aliphatic carbocycles. The molecule has 3 aliphatic heterocycles.